The maximum Gasteiger partial charge on any atom is 0.292 e. The lowest BCUT2D eigenvalue weighted by molar-refractivity contribution is -0.384. The Morgan fingerprint density at radius 1 is 0.885 bits per heavy atom. The predicted octanol–water partition coefficient (Wildman–Crippen LogP) is 2.70. The fourth-order valence-corrected chi connectivity index (χ4v) is 2.99. The van der Waals surface area contributed by atoms with E-state index in [9.17, 15) is 20.2 Å². The van der Waals surface area contributed by atoms with Crippen molar-refractivity contribution >= 4 is 22.7 Å². The van der Waals surface area contributed by atoms with Crippen LogP contribution < -0.4 is 9.80 Å². The molecule has 132 valence electrons. The van der Waals surface area contributed by atoms with Gasteiger partial charge in [-0.2, -0.15) is 5.26 Å². The van der Waals surface area contributed by atoms with Crippen molar-refractivity contribution in [3.8, 4) is 6.07 Å². The monoisotopic (exact) mass is 353 g/mol. The highest BCUT2D eigenvalue weighted by molar-refractivity contribution is 5.67. The molecular weight excluding hydrogens is 338 g/mol. The Hall–Kier alpha value is -3.67. The Balaban J connectivity index is 1.75. The van der Waals surface area contributed by atoms with E-state index in [1.54, 1.807) is 18.2 Å². The lowest BCUT2D eigenvalue weighted by Gasteiger charge is -2.37. The van der Waals surface area contributed by atoms with Crippen LogP contribution in [0.5, 0.6) is 0 Å². The Morgan fingerprint density at radius 3 is 2.04 bits per heavy atom. The van der Waals surface area contributed by atoms with Crippen molar-refractivity contribution in [2.45, 2.75) is 0 Å². The highest BCUT2D eigenvalue weighted by Crippen LogP contribution is 2.31. The van der Waals surface area contributed by atoms with Gasteiger partial charge in [0.25, 0.3) is 11.4 Å². The van der Waals surface area contributed by atoms with Gasteiger partial charge in [0.05, 0.1) is 21.5 Å². The van der Waals surface area contributed by atoms with Crippen LogP contribution in [0.2, 0.25) is 0 Å². The second-order valence-corrected chi connectivity index (χ2v) is 5.82. The van der Waals surface area contributed by atoms with Crippen LogP contribution in [-0.4, -0.2) is 36.0 Å². The lowest BCUT2D eigenvalue weighted by Crippen LogP contribution is -2.46. The predicted molar refractivity (Wildman–Crippen MR) is 95.3 cm³/mol. The maximum absolute atomic E-state index is 11.3. The van der Waals surface area contributed by atoms with E-state index in [1.165, 1.54) is 24.3 Å². The Morgan fingerprint density at radius 2 is 1.50 bits per heavy atom. The van der Waals surface area contributed by atoms with Crippen LogP contribution in [0, 0.1) is 31.6 Å². The zero-order valence-electron chi connectivity index (χ0n) is 13.7. The molecule has 1 saturated heterocycles. The van der Waals surface area contributed by atoms with Crippen molar-refractivity contribution in [1.82, 2.24) is 0 Å². The number of hydrogen-bond acceptors (Lipinski definition) is 7. The fourth-order valence-electron chi connectivity index (χ4n) is 2.99. The van der Waals surface area contributed by atoms with E-state index in [4.69, 9.17) is 5.26 Å². The molecule has 0 spiro atoms. The Labute approximate surface area is 149 Å². The topological polar surface area (TPSA) is 117 Å². The SMILES string of the molecule is N#Cc1ccc([N+](=O)[O-])c(N2CCN(c3ccc([N+](=O)[O-])cc3)CC2)c1. The third kappa shape index (κ3) is 3.39. The fraction of sp³-hybridized carbons (Fsp3) is 0.235. The van der Waals surface area contributed by atoms with E-state index in [0.29, 0.717) is 37.4 Å². The molecule has 0 atom stereocenters. The summed E-state index contributed by atoms with van der Waals surface area (Å²) in [4.78, 5) is 25.1. The lowest BCUT2D eigenvalue weighted by atomic mass is 10.1. The van der Waals surface area contributed by atoms with Crippen molar-refractivity contribution in [2.75, 3.05) is 36.0 Å². The first kappa shape index (κ1) is 17.2. The van der Waals surface area contributed by atoms with Crippen LogP contribution in [0.25, 0.3) is 0 Å². The molecule has 0 radical (unpaired) electrons. The van der Waals surface area contributed by atoms with Crippen LogP contribution in [0.1, 0.15) is 5.56 Å². The number of nitrogens with zero attached hydrogens (tertiary/aromatic N) is 5. The first-order valence-corrected chi connectivity index (χ1v) is 7.92. The molecular formula is C17H15N5O4. The van der Waals surface area contributed by atoms with Crippen molar-refractivity contribution in [1.29, 1.82) is 5.26 Å². The second-order valence-electron chi connectivity index (χ2n) is 5.82. The molecule has 26 heavy (non-hydrogen) atoms. The molecule has 1 heterocycles. The molecule has 9 nitrogen and oxygen atoms in total. The number of piperazine rings is 1. The maximum atomic E-state index is 11.3. The average Bonchev–Trinajstić information content (AvgIpc) is 2.67. The molecule has 1 fully saturated rings. The molecule has 9 heteroatoms. The molecule has 1 aliphatic heterocycles. The van der Waals surface area contributed by atoms with Gasteiger partial charge in [0, 0.05) is 50.1 Å². The first-order valence-electron chi connectivity index (χ1n) is 7.92. The van der Waals surface area contributed by atoms with Crippen LogP contribution in [0.15, 0.2) is 42.5 Å². The summed E-state index contributed by atoms with van der Waals surface area (Å²) in [6, 6.07) is 12.7. The standard InChI is InChI=1S/C17H15N5O4/c18-12-13-1-6-16(22(25)26)17(11-13)20-9-7-19(8-10-20)14-2-4-15(5-3-14)21(23)24/h1-6,11H,7-10H2. The molecule has 2 aromatic rings. The smallest absolute Gasteiger partial charge is 0.292 e. The van der Waals surface area contributed by atoms with Gasteiger partial charge in [-0.1, -0.05) is 0 Å². The van der Waals surface area contributed by atoms with Gasteiger partial charge in [-0.25, -0.2) is 0 Å². The number of benzene rings is 2. The highest BCUT2D eigenvalue weighted by Gasteiger charge is 2.24. The summed E-state index contributed by atoms with van der Waals surface area (Å²) < 4.78 is 0. The van der Waals surface area contributed by atoms with E-state index < -0.39 is 9.85 Å². The largest absolute Gasteiger partial charge is 0.368 e. The van der Waals surface area contributed by atoms with Gasteiger partial charge in [-0.3, -0.25) is 20.2 Å². The number of non-ortho nitro benzene ring substituents is 1. The molecule has 0 N–H and O–H groups in total. The summed E-state index contributed by atoms with van der Waals surface area (Å²) in [6.07, 6.45) is 0. The summed E-state index contributed by atoms with van der Waals surface area (Å²) >= 11 is 0. The molecule has 0 aromatic heterocycles. The van der Waals surface area contributed by atoms with Crippen LogP contribution in [0.4, 0.5) is 22.7 Å². The average molecular weight is 353 g/mol. The summed E-state index contributed by atoms with van der Waals surface area (Å²) in [5.74, 6) is 0. The van der Waals surface area contributed by atoms with E-state index in [-0.39, 0.29) is 11.4 Å². The third-order valence-electron chi connectivity index (χ3n) is 4.35. The van der Waals surface area contributed by atoms with Gasteiger partial charge < -0.3 is 9.80 Å². The van der Waals surface area contributed by atoms with E-state index in [0.717, 1.165) is 5.69 Å². The highest BCUT2D eigenvalue weighted by atomic mass is 16.6. The zero-order chi connectivity index (χ0) is 18.7. The van der Waals surface area contributed by atoms with Gasteiger partial charge in [0.2, 0.25) is 0 Å². The number of nitriles is 1. The number of nitro groups is 2. The Bertz CT molecular complexity index is 883. The van der Waals surface area contributed by atoms with Gasteiger partial charge in [-0.15, -0.1) is 0 Å². The van der Waals surface area contributed by atoms with Crippen LogP contribution >= 0.6 is 0 Å². The minimum absolute atomic E-state index is 0.0206. The van der Waals surface area contributed by atoms with Crippen molar-refractivity contribution in [3.05, 3.63) is 68.3 Å². The zero-order valence-corrected chi connectivity index (χ0v) is 13.7. The number of nitro benzene ring substituents is 2. The van der Waals surface area contributed by atoms with Crippen LogP contribution in [-0.2, 0) is 0 Å². The summed E-state index contributed by atoms with van der Waals surface area (Å²) in [5, 5.41) is 31.0. The van der Waals surface area contributed by atoms with Crippen LogP contribution in [0.3, 0.4) is 0 Å². The van der Waals surface area contributed by atoms with Gasteiger partial charge in [-0.05, 0) is 24.3 Å². The number of hydrogen-bond donors (Lipinski definition) is 0. The van der Waals surface area contributed by atoms with E-state index >= 15 is 0 Å². The summed E-state index contributed by atoms with van der Waals surface area (Å²) in [7, 11) is 0. The number of rotatable bonds is 4. The molecule has 0 saturated carbocycles. The molecule has 3 rings (SSSR count). The summed E-state index contributed by atoms with van der Waals surface area (Å²) in [6.45, 7) is 2.33. The quantitative estimate of drug-likeness (QED) is 0.612. The van der Waals surface area contributed by atoms with E-state index in [1.807, 2.05) is 11.0 Å². The molecule has 1 aliphatic rings. The molecule has 0 aliphatic carbocycles. The molecule has 0 unspecified atom stereocenters. The normalized spacial score (nSPS) is 14.0. The molecule has 0 amide bonds. The minimum atomic E-state index is -0.445. The van der Waals surface area contributed by atoms with Gasteiger partial charge >= 0.3 is 0 Å². The second kappa shape index (κ2) is 7.06. The molecule has 0 bridgehead atoms. The van der Waals surface area contributed by atoms with Crippen molar-refractivity contribution in [2.24, 2.45) is 0 Å². The number of anilines is 2. The van der Waals surface area contributed by atoms with E-state index in [2.05, 4.69) is 4.90 Å². The van der Waals surface area contributed by atoms with Crippen molar-refractivity contribution < 1.29 is 9.85 Å². The van der Waals surface area contributed by atoms with Gasteiger partial charge in [0.1, 0.15) is 5.69 Å². The minimum Gasteiger partial charge on any atom is -0.368 e. The van der Waals surface area contributed by atoms with Crippen molar-refractivity contribution in [3.63, 3.8) is 0 Å². The summed E-state index contributed by atoms with van der Waals surface area (Å²) in [5.41, 5.74) is 1.71. The van der Waals surface area contributed by atoms with Gasteiger partial charge in [0.15, 0.2) is 0 Å². The first-order chi connectivity index (χ1) is 12.5. The third-order valence-corrected chi connectivity index (χ3v) is 4.35. The molecule has 2 aromatic carbocycles. The Kier molecular flexibility index (Phi) is 4.66.